The largest absolute Gasteiger partial charge is 0.486 e. The quantitative estimate of drug-likeness (QED) is 0.933. The molecule has 1 amide bonds. The van der Waals surface area contributed by atoms with Gasteiger partial charge in [0.1, 0.15) is 18.1 Å². The summed E-state index contributed by atoms with van der Waals surface area (Å²) in [6.07, 6.45) is 0. The van der Waals surface area contributed by atoms with E-state index in [2.05, 4.69) is 24.1 Å². The Kier molecular flexibility index (Phi) is 4.52. The molecular weight excluding hydrogens is 312 g/mol. The van der Waals surface area contributed by atoms with Gasteiger partial charge in [0.2, 0.25) is 0 Å². The molecule has 0 radical (unpaired) electrons. The van der Waals surface area contributed by atoms with E-state index in [1.54, 1.807) is 0 Å². The van der Waals surface area contributed by atoms with Gasteiger partial charge in [-0.2, -0.15) is 0 Å². The van der Waals surface area contributed by atoms with Crippen molar-refractivity contribution in [2.75, 3.05) is 13.2 Å². The molecule has 2 heterocycles. The smallest absolute Gasteiger partial charge is 0.263 e. The zero-order chi connectivity index (χ0) is 16.4. The van der Waals surface area contributed by atoms with Crippen molar-refractivity contribution in [3.63, 3.8) is 0 Å². The maximum atomic E-state index is 12.4. The van der Waals surface area contributed by atoms with E-state index < -0.39 is 0 Å². The van der Waals surface area contributed by atoms with Gasteiger partial charge in [0.25, 0.3) is 5.91 Å². The summed E-state index contributed by atoms with van der Waals surface area (Å²) < 4.78 is 11.1. The van der Waals surface area contributed by atoms with E-state index in [0.29, 0.717) is 30.6 Å². The summed E-state index contributed by atoms with van der Waals surface area (Å²) in [6.45, 7) is 7.61. The minimum Gasteiger partial charge on any atom is -0.486 e. The molecule has 0 bridgehead atoms. The normalized spacial score (nSPS) is 13.2. The van der Waals surface area contributed by atoms with Crippen molar-refractivity contribution in [2.45, 2.75) is 33.2 Å². The number of carbonyl (C=O) groups excluding carboxylic acids is 1. The zero-order valence-electron chi connectivity index (χ0n) is 13.5. The minimum absolute atomic E-state index is 0.0817. The predicted molar refractivity (Wildman–Crippen MR) is 89.5 cm³/mol. The number of thiazole rings is 1. The predicted octanol–water partition coefficient (Wildman–Crippen LogP) is 3.28. The van der Waals surface area contributed by atoms with E-state index in [9.17, 15) is 4.79 Å². The molecule has 1 N–H and O–H groups in total. The molecule has 3 rings (SSSR count). The monoisotopic (exact) mass is 332 g/mol. The van der Waals surface area contributed by atoms with Gasteiger partial charge < -0.3 is 14.8 Å². The fourth-order valence-corrected chi connectivity index (χ4v) is 3.32. The third kappa shape index (κ3) is 3.47. The summed E-state index contributed by atoms with van der Waals surface area (Å²) in [5.41, 5.74) is 1.77. The number of rotatable bonds is 4. The SMILES string of the molecule is Cc1nc(C(C)C)sc1C(=O)NCc1ccc2c(c1)OCCO2. The van der Waals surface area contributed by atoms with Crippen LogP contribution in [0.4, 0.5) is 0 Å². The van der Waals surface area contributed by atoms with Gasteiger partial charge in [0, 0.05) is 12.5 Å². The lowest BCUT2D eigenvalue weighted by Gasteiger charge is -2.18. The Hall–Kier alpha value is -2.08. The maximum Gasteiger partial charge on any atom is 0.263 e. The van der Waals surface area contributed by atoms with Gasteiger partial charge in [-0.05, 0) is 24.6 Å². The molecule has 1 aliphatic heterocycles. The molecule has 1 aromatic carbocycles. The number of aryl methyl sites for hydroxylation is 1. The van der Waals surface area contributed by atoms with Crippen molar-refractivity contribution < 1.29 is 14.3 Å². The number of ether oxygens (including phenoxy) is 2. The molecule has 0 saturated carbocycles. The van der Waals surface area contributed by atoms with Crippen molar-refractivity contribution in [1.29, 1.82) is 0 Å². The average Bonchev–Trinajstić information content (AvgIpc) is 2.94. The third-order valence-corrected chi connectivity index (χ3v) is 5.03. The third-order valence-electron chi connectivity index (χ3n) is 3.57. The van der Waals surface area contributed by atoms with Gasteiger partial charge in [-0.15, -0.1) is 11.3 Å². The van der Waals surface area contributed by atoms with Crippen LogP contribution in [0.5, 0.6) is 11.5 Å². The van der Waals surface area contributed by atoms with Crippen LogP contribution in [0.3, 0.4) is 0 Å². The van der Waals surface area contributed by atoms with Crippen molar-refractivity contribution in [2.24, 2.45) is 0 Å². The van der Waals surface area contributed by atoms with E-state index in [1.165, 1.54) is 11.3 Å². The summed E-state index contributed by atoms with van der Waals surface area (Å²) in [5, 5.41) is 3.94. The van der Waals surface area contributed by atoms with Crippen molar-refractivity contribution in [3.05, 3.63) is 39.3 Å². The molecule has 1 aromatic heterocycles. The highest BCUT2D eigenvalue weighted by atomic mass is 32.1. The Bertz CT molecular complexity index is 725. The molecule has 2 aromatic rings. The first-order valence-electron chi connectivity index (χ1n) is 7.68. The Morgan fingerprint density at radius 2 is 2.04 bits per heavy atom. The zero-order valence-corrected chi connectivity index (χ0v) is 14.3. The first-order chi connectivity index (χ1) is 11.0. The Balaban J connectivity index is 1.67. The van der Waals surface area contributed by atoms with Gasteiger partial charge in [0.05, 0.1) is 10.7 Å². The number of amides is 1. The maximum absolute atomic E-state index is 12.4. The number of nitrogens with one attached hydrogen (secondary N) is 1. The second-order valence-electron chi connectivity index (χ2n) is 5.78. The number of fused-ring (bicyclic) bond motifs is 1. The number of aromatic nitrogens is 1. The summed E-state index contributed by atoms with van der Waals surface area (Å²) in [6, 6.07) is 5.73. The average molecular weight is 332 g/mol. The fraction of sp³-hybridized carbons (Fsp3) is 0.412. The van der Waals surface area contributed by atoms with Crippen LogP contribution in [0.2, 0.25) is 0 Å². The molecule has 0 unspecified atom stereocenters. The number of hydrogen-bond donors (Lipinski definition) is 1. The van der Waals surface area contributed by atoms with E-state index in [-0.39, 0.29) is 5.91 Å². The van der Waals surface area contributed by atoms with E-state index >= 15 is 0 Å². The number of benzene rings is 1. The molecular formula is C17H20N2O3S. The highest BCUT2D eigenvalue weighted by Gasteiger charge is 2.17. The van der Waals surface area contributed by atoms with Gasteiger partial charge in [0.15, 0.2) is 11.5 Å². The van der Waals surface area contributed by atoms with Gasteiger partial charge in [-0.3, -0.25) is 4.79 Å². The van der Waals surface area contributed by atoms with Crippen LogP contribution in [-0.4, -0.2) is 24.1 Å². The number of hydrogen-bond acceptors (Lipinski definition) is 5. The lowest BCUT2D eigenvalue weighted by Crippen LogP contribution is -2.23. The molecule has 0 spiro atoms. The fourth-order valence-electron chi connectivity index (χ4n) is 2.34. The Morgan fingerprint density at radius 3 is 2.74 bits per heavy atom. The molecule has 0 fully saturated rings. The van der Waals surface area contributed by atoms with E-state index in [1.807, 2.05) is 25.1 Å². The molecule has 5 nitrogen and oxygen atoms in total. The topological polar surface area (TPSA) is 60.5 Å². The second-order valence-corrected chi connectivity index (χ2v) is 6.81. The Labute approximate surface area is 139 Å². The van der Waals surface area contributed by atoms with Crippen molar-refractivity contribution in [1.82, 2.24) is 10.3 Å². The highest BCUT2D eigenvalue weighted by Crippen LogP contribution is 2.30. The van der Waals surface area contributed by atoms with Crippen LogP contribution in [-0.2, 0) is 6.54 Å². The Morgan fingerprint density at radius 1 is 1.30 bits per heavy atom. The molecule has 122 valence electrons. The van der Waals surface area contributed by atoms with E-state index in [0.717, 1.165) is 27.8 Å². The highest BCUT2D eigenvalue weighted by molar-refractivity contribution is 7.13. The van der Waals surface area contributed by atoms with Crippen LogP contribution in [0.1, 0.15) is 45.7 Å². The first-order valence-corrected chi connectivity index (χ1v) is 8.50. The summed E-state index contributed by atoms with van der Waals surface area (Å²) >= 11 is 1.47. The molecule has 0 atom stereocenters. The first kappa shape index (κ1) is 15.8. The van der Waals surface area contributed by atoms with Crippen molar-refractivity contribution >= 4 is 17.2 Å². The molecule has 0 aliphatic carbocycles. The van der Waals surface area contributed by atoms with Crippen LogP contribution >= 0.6 is 11.3 Å². The van der Waals surface area contributed by atoms with Crippen LogP contribution in [0.15, 0.2) is 18.2 Å². The van der Waals surface area contributed by atoms with Gasteiger partial charge >= 0.3 is 0 Å². The molecule has 0 saturated heterocycles. The summed E-state index contributed by atoms with van der Waals surface area (Å²) in [4.78, 5) is 17.5. The lowest BCUT2D eigenvalue weighted by atomic mass is 10.2. The van der Waals surface area contributed by atoms with Gasteiger partial charge in [-0.1, -0.05) is 19.9 Å². The lowest BCUT2D eigenvalue weighted by molar-refractivity contribution is 0.0954. The molecule has 6 heteroatoms. The number of carbonyl (C=O) groups is 1. The molecule has 1 aliphatic rings. The van der Waals surface area contributed by atoms with Crippen LogP contribution < -0.4 is 14.8 Å². The van der Waals surface area contributed by atoms with Crippen LogP contribution in [0.25, 0.3) is 0 Å². The summed E-state index contributed by atoms with van der Waals surface area (Å²) in [7, 11) is 0. The standard InChI is InChI=1S/C17H20N2O3S/c1-10(2)17-19-11(3)15(23-17)16(20)18-9-12-4-5-13-14(8-12)22-7-6-21-13/h4-5,8,10H,6-7,9H2,1-3H3,(H,18,20). The summed E-state index contributed by atoms with van der Waals surface area (Å²) in [5.74, 6) is 1.74. The van der Waals surface area contributed by atoms with Gasteiger partial charge in [-0.25, -0.2) is 4.98 Å². The number of nitrogens with zero attached hydrogens (tertiary/aromatic N) is 1. The van der Waals surface area contributed by atoms with Crippen molar-refractivity contribution in [3.8, 4) is 11.5 Å². The minimum atomic E-state index is -0.0817. The van der Waals surface area contributed by atoms with Crippen LogP contribution in [0, 0.1) is 6.92 Å². The second kappa shape index (κ2) is 6.58. The van der Waals surface area contributed by atoms with E-state index in [4.69, 9.17) is 9.47 Å². The molecule has 23 heavy (non-hydrogen) atoms.